The van der Waals surface area contributed by atoms with Gasteiger partial charge in [-0.05, 0) is 52.5 Å². The van der Waals surface area contributed by atoms with E-state index in [-0.39, 0.29) is 5.54 Å². The number of rotatable bonds is 5. The standard InChI is InChI=1S/C18H19BrCl2N4S/c1-10(2)18(3)14(7-16-15(19)8-22-9-23-16)17(24-25-18)26-13-5-11(20)4-12(21)6-13/h4-6,8-10,24-25H,7H2,1-3H3. The number of nitrogens with one attached hydrogen (secondary N) is 2. The van der Waals surface area contributed by atoms with Crippen LogP contribution in [0.2, 0.25) is 10.0 Å². The molecular formula is C18H19BrCl2N4S. The minimum Gasteiger partial charge on any atom is -0.315 e. The van der Waals surface area contributed by atoms with Gasteiger partial charge >= 0.3 is 0 Å². The minimum absolute atomic E-state index is 0.199. The van der Waals surface area contributed by atoms with Gasteiger partial charge in [0.25, 0.3) is 0 Å². The highest BCUT2D eigenvalue weighted by Crippen LogP contribution is 2.41. The predicted octanol–water partition coefficient (Wildman–Crippen LogP) is 5.61. The third-order valence-electron chi connectivity index (χ3n) is 4.64. The fraction of sp³-hybridized carbons (Fsp3) is 0.333. The van der Waals surface area contributed by atoms with Gasteiger partial charge in [-0.15, -0.1) is 0 Å². The molecule has 0 spiro atoms. The molecule has 2 aromatic rings. The highest BCUT2D eigenvalue weighted by Gasteiger charge is 2.40. The average molecular weight is 474 g/mol. The lowest BCUT2D eigenvalue weighted by Crippen LogP contribution is -2.48. The predicted molar refractivity (Wildman–Crippen MR) is 112 cm³/mol. The summed E-state index contributed by atoms with van der Waals surface area (Å²) in [7, 11) is 0. The second kappa shape index (κ2) is 8.07. The molecule has 2 N–H and O–H groups in total. The second-order valence-electron chi connectivity index (χ2n) is 6.62. The molecule has 8 heteroatoms. The summed E-state index contributed by atoms with van der Waals surface area (Å²) in [6.45, 7) is 6.61. The van der Waals surface area contributed by atoms with Crippen molar-refractivity contribution in [2.45, 2.75) is 37.6 Å². The number of hydrogen-bond acceptors (Lipinski definition) is 5. The molecule has 0 amide bonds. The molecule has 0 bridgehead atoms. The Balaban J connectivity index is 2.00. The Kier molecular flexibility index (Phi) is 6.19. The molecule has 26 heavy (non-hydrogen) atoms. The van der Waals surface area contributed by atoms with Crippen LogP contribution in [0.4, 0.5) is 0 Å². The molecular weight excluding hydrogens is 455 g/mol. The Bertz CT molecular complexity index is 839. The van der Waals surface area contributed by atoms with Crippen LogP contribution in [0.5, 0.6) is 0 Å². The third-order valence-corrected chi connectivity index (χ3v) is 6.76. The molecule has 0 radical (unpaired) electrons. The van der Waals surface area contributed by atoms with Gasteiger partial charge in [0.1, 0.15) is 6.33 Å². The highest BCUT2D eigenvalue weighted by molar-refractivity contribution is 9.10. The van der Waals surface area contributed by atoms with Crippen molar-refractivity contribution in [3.8, 4) is 0 Å². The molecule has 3 rings (SSSR count). The van der Waals surface area contributed by atoms with Gasteiger partial charge in [-0.25, -0.2) is 15.4 Å². The first kappa shape index (κ1) is 20.0. The summed E-state index contributed by atoms with van der Waals surface area (Å²) in [5.41, 5.74) is 8.80. The van der Waals surface area contributed by atoms with Gasteiger partial charge in [0, 0.05) is 27.6 Å². The van der Waals surface area contributed by atoms with Gasteiger partial charge in [-0.1, -0.05) is 48.8 Å². The van der Waals surface area contributed by atoms with Crippen molar-refractivity contribution in [2.24, 2.45) is 5.92 Å². The lowest BCUT2D eigenvalue weighted by Gasteiger charge is -2.31. The van der Waals surface area contributed by atoms with E-state index in [0.29, 0.717) is 22.4 Å². The zero-order valence-electron chi connectivity index (χ0n) is 14.6. The Hall–Kier alpha value is -0.790. The van der Waals surface area contributed by atoms with Crippen LogP contribution >= 0.6 is 50.9 Å². The smallest absolute Gasteiger partial charge is 0.115 e. The van der Waals surface area contributed by atoms with Crippen molar-refractivity contribution in [1.29, 1.82) is 0 Å². The van der Waals surface area contributed by atoms with Crippen LogP contribution in [0.1, 0.15) is 26.5 Å². The van der Waals surface area contributed by atoms with E-state index in [9.17, 15) is 0 Å². The molecule has 0 aliphatic carbocycles. The fourth-order valence-corrected chi connectivity index (χ4v) is 4.89. The normalized spacial score (nSPS) is 20.0. The van der Waals surface area contributed by atoms with Gasteiger partial charge in [-0.2, -0.15) is 0 Å². The molecule has 0 saturated heterocycles. The first-order chi connectivity index (χ1) is 12.3. The molecule has 2 heterocycles. The summed E-state index contributed by atoms with van der Waals surface area (Å²) in [5.74, 6) is 0.381. The number of aromatic nitrogens is 2. The van der Waals surface area contributed by atoms with Crippen molar-refractivity contribution in [3.63, 3.8) is 0 Å². The summed E-state index contributed by atoms with van der Waals surface area (Å²) in [6.07, 6.45) is 4.05. The summed E-state index contributed by atoms with van der Waals surface area (Å²) < 4.78 is 0.903. The van der Waals surface area contributed by atoms with Gasteiger partial charge < -0.3 is 5.43 Å². The number of hydrogen-bond donors (Lipinski definition) is 2. The zero-order valence-corrected chi connectivity index (χ0v) is 18.5. The summed E-state index contributed by atoms with van der Waals surface area (Å²) in [5, 5.41) is 2.29. The fourth-order valence-electron chi connectivity index (χ4n) is 2.76. The Morgan fingerprint density at radius 1 is 1.23 bits per heavy atom. The molecule has 0 saturated carbocycles. The number of benzene rings is 1. The van der Waals surface area contributed by atoms with E-state index in [1.807, 2.05) is 12.1 Å². The monoisotopic (exact) mass is 472 g/mol. The molecule has 1 aromatic heterocycles. The van der Waals surface area contributed by atoms with Crippen LogP contribution in [-0.2, 0) is 6.42 Å². The summed E-state index contributed by atoms with van der Waals surface area (Å²) in [6, 6.07) is 5.56. The molecule has 0 fully saturated rings. The second-order valence-corrected chi connectivity index (χ2v) is 9.43. The molecule has 138 valence electrons. The van der Waals surface area contributed by atoms with Crippen LogP contribution in [0.3, 0.4) is 0 Å². The van der Waals surface area contributed by atoms with Gasteiger partial charge in [-0.3, -0.25) is 0 Å². The van der Waals surface area contributed by atoms with E-state index < -0.39 is 0 Å². The largest absolute Gasteiger partial charge is 0.315 e. The van der Waals surface area contributed by atoms with Crippen LogP contribution in [0.25, 0.3) is 0 Å². The Morgan fingerprint density at radius 3 is 2.54 bits per heavy atom. The van der Waals surface area contributed by atoms with Crippen LogP contribution < -0.4 is 10.9 Å². The van der Waals surface area contributed by atoms with Crippen molar-refractivity contribution in [1.82, 2.24) is 20.8 Å². The molecule has 1 aliphatic rings. The van der Waals surface area contributed by atoms with Gasteiger partial charge in [0.2, 0.25) is 0 Å². The van der Waals surface area contributed by atoms with E-state index in [4.69, 9.17) is 23.2 Å². The lowest BCUT2D eigenvalue weighted by atomic mass is 9.81. The topological polar surface area (TPSA) is 49.8 Å². The van der Waals surface area contributed by atoms with Crippen LogP contribution in [0, 0.1) is 5.92 Å². The van der Waals surface area contributed by atoms with Crippen LogP contribution in [-0.4, -0.2) is 15.5 Å². The Labute approximate surface area is 176 Å². The van der Waals surface area contributed by atoms with E-state index in [2.05, 4.69) is 57.5 Å². The first-order valence-electron chi connectivity index (χ1n) is 8.14. The van der Waals surface area contributed by atoms with E-state index in [1.54, 1.807) is 30.4 Å². The highest BCUT2D eigenvalue weighted by atomic mass is 79.9. The maximum Gasteiger partial charge on any atom is 0.115 e. The molecule has 1 aromatic carbocycles. The zero-order chi connectivity index (χ0) is 18.9. The molecule has 1 unspecified atom stereocenters. The SMILES string of the molecule is CC(C)C1(C)NNC(Sc2cc(Cl)cc(Cl)c2)=C1Cc1ncncc1Br. The first-order valence-corrected chi connectivity index (χ1v) is 10.5. The maximum atomic E-state index is 6.16. The number of nitrogens with zero attached hydrogens (tertiary/aromatic N) is 2. The number of thioether (sulfide) groups is 1. The molecule has 4 nitrogen and oxygen atoms in total. The Morgan fingerprint density at radius 2 is 1.92 bits per heavy atom. The van der Waals surface area contributed by atoms with E-state index in [1.165, 1.54) is 5.57 Å². The number of hydrazine groups is 1. The summed E-state index contributed by atoms with van der Waals surface area (Å²) >= 11 is 17.5. The quantitative estimate of drug-likeness (QED) is 0.590. The molecule has 1 atom stereocenters. The third kappa shape index (κ3) is 4.20. The van der Waals surface area contributed by atoms with Gasteiger partial charge in [0.15, 0.2) is 0 Å². The van der Waals surface area contributed by atoms with Crippen molar-refractivity contribution in [3.05, 3.63) is 61.5 Å². The van der Waals surface area contributed by atoms with Crippen LogP contribution in [0.15, 0.2) is 50.7 Å². The van der Waals surface area contributed by atoms with Gasteiger partial charge in [0.05, 0.1) is 20.7 Å². The maximum absolute atomic E-state index is 6.16. The van der Waals surface area contributed by atoms with Crippen molar-refractivity contribution >= 4 is 50.9 Å². The molecule has 1 aliphatic heterocycles. The van der Waals surface area contributed by atoms with Crippen molar-refractivity contribution in [2.75, 3.05) is 0 Å². The number of halogens is 3. The van der Waals surface area contributed by atoms with Crippen molar-refractivity contribution < 1.29 is 0 Å². The average Bonchev–Trinajstić information content (AvgIpc) is 2.87. The van der Waals surface area contributed by atoms with E-state index in [0.717, 1.165) is 20.1 Å². The van der Waals surface area contributed by atoms with E-state index >= 15 is 0 Å². The minimum atomic E-state index is -0.199. The lowest BCUT2D eigenvalue weighted by molar-refractivity contribution is 0.310. The summed E-state index contributed by atoms with van der Waals surface area (Å²) in [4.78, 5) is 9.48.